The Balaban J connectivity index is 2.01. The number of amides is 1. The van der Waals surface area contributed by atoms with Gasteiger partial charge in [-0.15, -0.1) is 11.3 Å². The first-order valence-corrected chi connectivity index (χ1v) is 11.3. The number of aromatic nitrogens is 2. The fraction of sp³-hybridized carbons (Fsp3) is 0.611. The molecule has 0 bridgehead atoms. The van der Waals surface area contributed by atoms with E-state index in [4.69, 9.17) is 4.98 Å². The van der Waals surface area contributed by atoms with Crippen LogP contribution < -0.4 is 0 Å². The second-order valence-corrected chi connectivity index (χ2v) is 11.3. The second kappa shape index (κ2) is 6.27. The summed E-state index contributed by atoms with van der Waals surface area (Å²) in [4.78, 5) is 25.4. The molecule has 1 aliphatic rings. The zero-order valence-electron chi connectivity index (χ0n) is 16.1. The maximum atomic E-state index is 13.0. The number of carbonyl (C=O) groups is 1. The van der Waals surface area contributed by atoms with Gasteiger partial charge >= 0.3 is 0 Å². The Hall–Kier alpha value is -1.54. The highest BCUT2D eigenvalue weighted by molar-refractivity contribution is 7.91. The number of aryl methyl sites for hydroxylation is 2. The van der Waals surface area contributed by atoms with E-state index >= 15 is 0 Å². The van der Waals surface area contributed by atoms with Crippen LogP contribution in [-0.2, 0) is 15.3 Å². The summed E-state index contributed by atoms with van der Waals surface area (Å²) in [6, 6.07) is -0.255. The van der Waals surface area contributed by atoms with E-state index in [0.717, 1.165) is 27.3 Å². The average molecular weight is 396 g/mol. The van der Waals surface area contributed by atoms with Gasteiger partial charge in [0.2, 0.25) is 0 Å². The summed E-state index contributed by atoms with van der Waals surface area (Å²) < 4.78 is 23.5. The molecule has 2 aromatic rings. The van der Waals surface area contributed by atoms with Crippen molar-refractivity contribution in [3.8, 4) is 0 Å². The summed E-state index contributed by atoms with van der Waals surface area (Å²) in [7, 11) is -1.34. The Morgan fingerprint density at radius 1 is 1.23 bits per heavy atom. The van der Waals surface area contributed by atoms with E-state index in [1.165, 1.54) is 11.3 Å². The number of carbonyl (C=O) groups excluding carboxylic acids is 1. The van der Waals surface area contributed by atoms with Crippen molar-refractivity contribution in [2.75, 3.05) is 18.6 Å². The smallest absolute Gasteiger partial charge is 0.264 e. The molecule has 6 nitrogen and oxygen atoms in total. The second-order valence-electron chi connectivity index (χ2n) is 8.09. The molecule has 1 amide bonds. The molecule has 1 saturated heterocycles. The Labute approximate surface area is 158 Å². The standard InChI is InChI=1S/C18H25N3O3S2/c1-10-13-11(2)19-17(18(3,4)5)20-15(13)25-14(10)16(22)21(6)12-7-8-26(23,24)9-12/h12H,7-9H2,1-6H3/t12-/m0/s1. The Kier molecular flexibility index (Phi) is 4.63. The monoisotopic (exact) mass is 395 g/mol. The molecule has 0 saturated carbocycles. The molecule has 1 aliphatic heterocycles. The summed E-state index contributed by atoms with van der Waals surface area (Å²) in [5.74, 6) is 0.828. The third-order valence-corrected chi connectivity index (χ3v) is 7.84. The number of rotatable bonds is 2. The molecular formula is C18H25N3O3S2. The molecular weight excluding hydrogens is 370 g/mol. The third-order valence-electron chi connectivity index (χ3n) is 4.91. The molecule has 0 N–H and O–H groups in total. The van der Waals surface area contributed by atoms with Crippen molar-refractivity contribution in [1.82, 2.24) is 14.9 Å². The lowest BCUT2D eigenvalue weighted by Gasteiger charge is -2.23. The predicted octanol–water partition coefficient (Wildman–Crippen LogP) is 2.86. The molecule has 8 heteroatoms. The number of hydrogen-bond donors (Lipinski definition) is 0. The van der Waals surface area contributed by atoms with Crippen LogP contribution in [0.2, 0.25) is 0 Å². The van der Waals surface area contributed by atoms with Crippen molar-refractivity contribution in [3.05, 3.63) is 22.0 Å². The molecule has 0 aliphatic carbocycles. The summed E-state index contributed by atoms with van der Waals surface area (Å²) >= 11 is 1.37. The van der Waals surface area contributed by atoms with Crippen LogP contribution in [0.5, 0.6) is 0 Å². The fourth-order valence-electron chi connectivity index (χ4n) is 3.29. The van der Waals surface area contributed by atoms with Crippen LogP contribution in [0.15, 0.2) is 0 Å². The van der Waals surface area contributed by atoms with Crippen LogP contribution in [0, 0.1) is 13.8 Å². The minimum atomic E-state index is -3.03. The zero-order chi connectivity index (χ0) is 19.4. The molecule has 2 aromatic heterocycles. The first-order chi connectivity index (χ1) is 11.9. The van der Waals surface area contributed by atoms with E-state index in [2.05, 4.69) is 25.8 Å². The Bertz CT molecular complexity index is 987. The van der Waals surface area contributed by atoms with E-state index in [9.17, 15) is 13.2 Å². The maximum Gasteiger partial charge on any atom is 0.264 e. The van der Waals surface area contributed by atoms with Crippen molar-refractivity contribution in [1.29, 1.82) is 0 Å². The largest absolute Gasteiger partial charge is 0.337 e. The van der Waals surface area contributed by atoms with Crippen LogP contribution in [0.1, 0.15) is 53.9 Å². The zero-order valence-corrected chi connectivity index (χ0v) is 17.7. The SMILES string of the molecule is Cc1nc(C(C)(C)C)nc2sc(C(=O)N(C)[C@H]3CCS(=O)(=O)C3)c(C)c12. The van der Waals surface area contributed by atoms with Crippen molar-refractivity contribution < 1.29 is 13.2 Å². The van der Waals surface area contributed by atoms with Gasteiger partial charge in [0.15, 0.2) is 9.84 Å². The summed E-state index contributed by atoms with van der Waals surface area (Å²) in [6.45, 7) is 10.1. The van der Waals surface area contributed by atoms with Gasteiger partial charge in [0.05, 0.1) is 22.1 Å². The van der Waals surface area contributed by atoms with Gasteiger partial charge in [-0.05, 0) is 25.8 Å². The number of thiophene rings is 1. The number of nitrogens with zero attached hydrogens (tertiary/aromatic N) is 3. The van der Waals surface area contributed by atoms with Crippen LogP contribution in [0.4, 0.5) is 0 Å². The van der Waals surface area contributed by atoms with Crippen molar-refractivity contribution in [3.63, 3.8) is 0 Å². The normalized spacial score (nSPS) is 19.8. The molecule has 0 spiro atoms. The van der Waals surface area contributed by atoms with E-state index in [0.29, 0.717) is 11.3 Å². The van der Waals surface area contributed by atoms with Crippen molar-refractivity contribution in [2.45, 2.75) is 52.5 Å². The highest BCUT2D eigenvalue weighted by atomic mass is 32.2. The van der Waals surface area contributed by atoms with Crippen molar-refractivity contribution >= 4 is 37.3 Å². The molecule has 26 heavy (non-hydrogen) atoms. The summed E-state index contributed by atoms with van der Waals surface area (Å²) in [6.07, 6.45) is 0.502. The first kappa shape index (κ1) is 19.2. The number of hydrogen-bond acceptors (Lipinski definition) is 6. The quantitative estimate of drug-likeness (QED) is 0.781. The molecule has 3 rings (SSSR count). The number of fused-ring (bicyclic) bond motifs is 1. The third kappa shape index (κ3) is 3.36. The number of sulfone groups is 1. The van der Waals surface area contributed by atoms with Crippen LogP contribution in [-0.4, -0.2) is 53.8 Å². The molecule has 0 unspecified atom stereocenters. The van der Waals surface area contributed by atoms with E-state index < -0.39 is 9.84 Å². The van der Waals surface area contributed by atoms with Gasteiger partial charge in [-0.25, -0.2) is 18.4 Å². The van der Waals surface area contributed by atoms with Crippen LogP contribution in [0.3, 0.4) is 0 Å². The molecule has 1 fully saturated rings. The van der Waals surface area contributed by atoms with Crippen LogP contribution in [0.25, 0.3) is 10.2 Å². The summed E-state index contributed by atoms with van der Waals surface area (Å²) in [5.41, 5.74) is 1.58. The Morgan fingerprint density at radius 2 is 1.88 bits per heavy atom. The Morgan fingerprint density at radius 3 is 2.42 bits per heavy atom. The lowest BCUT2D eigenvalue weighted by Crippen LogP contribution is -2.37. The van der Waals surface area contributed by atoms with Gasteiger partial charge in [0.1, 0.15) is 10.7 Å². The van der Waals surface area contributed by atoms with Gasteiger partial charge in [0.25, 0.3) is 5.91 Å². The minimum Gasteiger partial charge on any atom is -0.337 e. The van der Waals surface area contributed by atoms with Crippen molar-refractivity contribution in [2.24, 2.45) is 0 Å². The van der Waals surface area contributed by atoms with E-state index in [-0.39, 0.29) is 28.9 Å². The molecule has 0 aromatic carbocycles. The molecule has 1 atom stereocenters. The summed E-state index contributed by atoms with van der Waals surface area (Å²) in [5, 5.41) is 0.929. The van der Waals surface area contributed by atoms with Gasteiger partial charge in [-0.1, -0.05) is 20.8 Å². The van der Waals surface area contributed by atoms with E-state index in [1.54, 1.807) is 11.9 Å². The molecule has 0 radical (unpaired) electrons. The van der Waals surface area contributed by atoms with Gasteiger partial charge < -0.3 is 4.90 Å². The lowest BCUT2D eigenvalue weighted by molar-refractivity contribution is 0.0752. The van der Waals surface area contributed by atoms with E-state index in [1.807, 2.05) is 13.8 Å². The highest BCUT2D eigenvalue weighted by Crippen LogP contribution is 2.34. The highest BCUT2D eigenvalue weighted by Gasteiger charge is 2.34. The molecule has 3 heterocycles. The average Bonchev–Trinajstić information content (AvgIpc) is 3.05. The van der Waals surface area contributed by atoms with Gasteiger partial charge in [-0.3, -0.25) is 4.79 Å². The first-order valence-electron chi connectivity index (χ1n) is 8.66. The van der Waals surface area contributed by atoms with Gasteiger partial charge in [-0.2, -0.15) is 0 Å². The fourth-order valence-corrected chi connectivity index (χ4v) is 6.27. The molecule has 142 valence electrons. The lowest BCUT2D eigenvalue weighted by atomic mass is 9.95. The predicted molar refractivity (Wildman–Crippen MR) is 105 cm³/mol. The topological polar surface area (TPSA) is 80.2 Å². The minimum absolute atomic E-state index is 0.0478. The van der Waals surface area contributed by atoms with Gasteiger partial charge in [0, 0.05) is 23.9 Å². The van der Waals surface area contributed by atoms with Crippen LogP contribution >= 0.6 is 11.3 Å². The maximum absolute atomic E-state index is 13.0.